The Morgan fingerprint density at radius 3 is 2.77 bits per heavy atom. The van der Waals surface area contributed by atoms with E-state index in [0.717, 1.165) is 10.4 Å². The SMILES string of the molecule is Cc1ccsc1/C=N\NC(=O)[C@H]1CCCN(S(=O)(=O)c2ccccc2)C1. The van der Waals surface area contributed by atoms with Gasteiger partial charge in [0.05, 0.1) is 17.0 Å². The lowest BCUT2D eigenvalue weighted by Gasteiger charge is -2.30. The van der Waals surface area contributed by atoms with E-state index in [1.165, 1.54) is 4.31 Å². The molecule has 1 aliphatic rings. The first-order valence-corrected chi connectivity index (χ1v) is 10.7. The van der Waals surface area contributed by atoms with E-state index in [1.807, 2.05) is 18.4 Å². The number of amides is 1. The Kier molecular flexibility index (Phi) is 5.85. The third kappa shape index (κ3) is 4.20. The molecule has 0 spiro atoms. The highest BCUT2D eigenvalue weighted by Crippen LogP contribution is 2.23. The molecule has 1 aromatic heterocycles. The van der Waals surface area contributed by atoms with Crippen LogP contribution in [-0.4, -0.2) is 37.9 Å². The average molecular weight is 392 g/mol. The summed E-state index contributed by atoms with van der Waals surface area (Å²) in [7, 11) is -3.57. The molecule has 2 heterocycles. The summed E-state index contributed by atoms with van der Waals surface area (Å²) in [5.74, 6) is -0.646. The summed E-state index contributed by atoms with van der Waals surface area (Å²) in [5.41, 5.74) is 3.65. The number of nitrogens with zero attached hydrogens (tertiary/aromatic N) is 2. The van der Waals surface area contributed by atoms with E-state index in [1.54, 1.807) is 47.9 Å². The van der Waals surface area contributed by atoms with Crippen molar-refractivity contribution in [1.29, 1.82) is 0 Å². The molecule has 0 unspecified atom stereocenters. The maximum Gasteiger partial charge on any atom is 0.244 e. The van der Waals surface area contributed by atoms with Gasteiger partial charge in [-0.1, -0.05) is 18.2 Å². The Bertz CT molecular complexity index is 891. The summed E-state index contributed by atoms with van der Waals surface area (Å²) in [5, 5.41) is 5.98. The Morgan fingerprint density at radius 1 is 1.31 bits per heavy atom. The zero-order valence-corrected chi connectivity index (χ0v) is 16.1. The Labute approximate surface area is 157 Å². The van der Waals surface area contributed by atoms with Gasteiger partial charge >= 0.3 is 0 Å². The van der Waals surface area contributed by atoms with E-state index in [0.29, 0.717) is 19.4 Å². The second-order valence-corrected chi connectivity index (χ2v) is 9.10. The highest BCUT2D eigenvalue weighted by molar-refractivity contribution is 7.89. The maximum absolute atomic E-state index is 12.7. The van der Waals surface area contributed by atoms with Crippen molar-refractivity contribution in [3.63, 3.8) is 0 Å². The van der Waals surface area contributed by atoms with Crippen LogP contribution in [0.2, 0.25) is 0 Å². The molecule has 26 heavy (non-hydrogen) atoms. The van der Waals surface area contributed by atoms with E-state index < -0.39 is 15.9 Å². The fourth-order valence-electron chi connectivity index (χ4n) is 2.88. The van der Waals surface area contributed by atoms with Gasteiger partial charge in [0.15, 0.2) is 0 Å². The molecule has 0 saturated carbocycles. The molecule has 0 radical (unpaired) electrons. The Morgan fingerprint density at radius 2 is 2.08 bits per heavy atom. The van der Waals surface area contributed by atoms with Crippen LogP contribution in [-0.2, 0) is 14.8 Å². The minimum Gasteiger partial charge on any atom is -0.273 e. The topological polar surface area (TPSA) is 78.8 Å². The molecule has 3 rings (SSSR count). The molecule has 1 amide bonds. The number of carbonyl (C=O) groups excluding carboxylic acids is 1. The lowest BCUT2D eigenvalue weighted by atomic mass is 9.99. The van der Waals surface area contributed by atoms with Gasteiger partial charge in [0.2, 0.25) is 15.9 Å². The van der Waals surface area contributed by atoms with Gasteiger partial charge in [-0.25, -0.2) is 13.8 Å². The number of aryl methyl sites for hydroxylation is 1. The second-order valence-electron chi connectivity index (χ2n) is 6.22. The summed E-state index contributed by atoms with van der Waals surface area (Å²) >= 11 is 1.55. The van der Waals surface area contributed by atoms with Crippen LogP contribution in [0.15, 0.2) is 51.8 Å². The molecule has 8 heteroatoms. The van der Waals surface area contributed by atoms with Crippen LogP contribution >= 0.6 is 11.3 Å². The molecule has 1 N–H and O–H groups in total. The number of carbonyl (C=O) groups is 1. The fraction of sp³-hybridized carbons (Fsp3) is 0.333. The van der Waals surface area contributed by atoms with Gasteiger partial charge in [-0.3, -0.25) is 4.79 Å². The lowest BCUT2D eigenvalue weighted by Crippen LogP contribution is -2.44. The third-order valence-corrected chi connectivity index (χ3v) is 7.23. The Balaban J connectivity index is 1.64. The molecule has 1 saturated heterocycles. The van der Waals surface area contributed by atoms with Crippen LogP contribution in [0.25, 0.3) is 0 Å². The number of thiophene rings is 1. The number of sulfonamides is 1. The summed E-state index contributed by atoms with van der Waals surface area (Å²) in [6.07, 6.45) is 2.93. The quantitative estimate of drug-likeness (QED) is 0.629. The first-order chi connectivity index (χ1) is 12.5. The molecule has 2 aromatic rings. The number of hydrogen-bond donors (Lipinski definition) is 1. The molecule has 1 aromatic carbocycles. The maximum atomic E-state index is 12.7. The van der Waals surface area contributed by atoms with Gasteiger partial charge in [0.1, 0.15) is 0 Å². The summed E-state index contributed by atoms with van der Waals surface area (Å²) in [6, 6.07) is 10.3. The molecular weight excluding hydrogens is 370 g/mol. The molecule has 0 aliphatic carbocycles. The minimum absolute atomic E-state index is 0.177. The largest absolute Gasteiger partial charge is 0.273 e. The molecule has 0 bridgehead atoms. The van der Waals surface area contributed by atoms with Gasteiger partial charge in [0, 0.05) is 18.0 Å². The van der Waals surface area contributed by atoms with Crippen molar-refractivity contribution in [2.24, 2.45) is 11.0 Å². The third-order valence-electron chi connectivity index (χ3n) is 4.39. The number of rotatable bonds is 5. The van der Waals surface area contributed by atoms with E-state index in [-0.39, 0.29) is 17.3 Å². The van der Waals surface area contributed by atoms with Crippen molar-refractivity contribution in [1.82, 2.24) is 9.73 Å². The summed E-state index contributed by atoms with van der Waals surface area (Å²) in [6.45, 7) is 2.59. The van der Waals surface area contributed by atoms with Gasteiger partial charge in [-0.05, 0) is 48.9 Å². The molecule has 1 aliphatic heterocycles. The number of nitrogens with one attached hydrogen (secondary N) is 1. The molecule has 1 atom stereocenters. The number of hydrogen-bond acceptors (Lipinski definition) is 5. The molecule has 6 nitrogen and oxygen atoms in total. The van der Waals surface area contributed by atoms with Crippen molar-refractivity contribution in [2.75, 3.05) is 13.1 Å². The van der Waals surface area contributed by atoms with Crippen molar-refractivity contribution < 1.29 is 13.2 Å². The monoisotopic (exact) mass is 391 g/mol. The van der Waals surface area contributed by atoms with E-state index in [9.17, 15) is 13.2 Å². The predicted octanol–water partition coefficient (Wildman–Crippen LogP) is 2.61. The first-order valence-electron chi connectivity index (χ1n) is 8.40. The Hall–Kier alpha value is -2.03. The van der Waals surface area contributed by atoms with Gasteiger partial charge < -0.3 is 0 Å². The predicted molar refractivity (Wildman–Crippen MR) is 103 cm³/mol. The number of hydrazone groups is 1. The second kappa shape index (κ2) is 8.11. The molecule has 138 valence electrons. The zero-order chi connectivity index (χ0) is 18.6. The number of benzene rings is 1. The van der Waals surface area contributed by atoms with Crippen LogP contribution in [0, 0.1) is 12.8 Å². The summed E-state index contributed by atoms with van der Waals surface area (Å²) < 4.78 is 26.8. The van der Waals surface area contributed by atoms with Crippen molar-refractivity contribution in [2.45, 2.75) is 24.7 Å². The van der Waals surface area contributed by atoms with E-state index >= 15 is 0 Å². The highest BCUT2D eigenvalue weighted by Gasteiger charge is 2.33. The normalized spacial score (nSPS) is 18.9. The van der Waals surface area contributed by atoms with Crippen LogP contribution in [0.4, 0.5) is 0 Å². The van der Waals surface area contributed by atoms with Crippen LogP contribution in [0.5, 0.6) is 0 Å². The zero-order valence-electron chi connectivity index (χ0n) is 14.5. The van der Waals surface area contributed by atoms with Crippen molar-refractivity contribution in [3.8, 4) is 0 Å². The van der Waals surface area contributed by atoms with E-state index in [2.05, 4.69) is 10.5 Å². The van der Waals surface area contributed by atoms with Crippen LogP contribution in [0.1, 0.15) is 23.3 Å². The minimum atomic E-state index is -3.57. The summed E-state index contributed by atoms with van der Waals surface area (Å²) in [4.78, 5) is 13.6. The van der Waals surface area contributed by atoms with Crippen molar-refractivity contribution in [3.05, 3.63) is 52.2 Å². The van der Waals surface area contributed by atoms with E-state index in [4.69, 9.17) is 0 Å². The van der Waals surface area contributed by atoms with Gasteiger partial charge in [-0.2, -0.15) is 9.41 Å². The molecular formula is C18H21N3O3S2. The first kappa shape index (κ1) is 18.8. The van der Waals surface area contributed by atoms with Gasteiger partial charge in [0.25, 0.3) is 0 Å². The lowest BCUT2D eigenvalue weighted by molar-refractivity contribution is -0.126. The van der Waals surface area contributed by atoms with Gasteiger partial charge in [-0.15, -0.1) is 11.3 Å². The van der Waals surface area contributed by atoms with Crippen LogP contribution < -0.4 is 5.43 Å². The van der Waals surface area contributed by atoms with Crippen LogP contribution in [0.3, 0.4) is 0 Å². The fourth-order valence-corrected chi connectivity index (χ4v) is 5.21. The molecule has 1 fully saturated rings. The smallest absolute Gasteiger partial charge is 0.244 e. The average Bonchev–Trinajstić information content (AvgIpc) is 3.07. The number of piperidine rings is 1. The standard InChI is InChI=1S/C18H21N3O3S2/c1-14-9-11-25-17(14)12-19-20-18(22)15-6-5-10-21(13-15)26(23,24)16-7-3-2-4-8-16/h2-4,7-9,11-12,15H,5-6,10,13H2,1H3,(H,20,22)/b19-12-/t15-/m0/s1. The highest BCUT2D eigenvalue weighted by atomic mass is 32.2. The van der Waals surface area contributed by atoms with Crippen molar-refractivity contribution >= 4 is 33.5 Å².